The SMILES string of the molecule is Cc1cc2c(CC(=O)Nc3c(C)cnn3C)csc2s1. The highest BCUT2D eigenvalue weighted by Gasteiger charge is 2.13. The van der Waals surface area contributed by atoms with Gasteiger partial charge in [0.25, 0.3) is 0 Å². The molecule has 0 aliphatic rings. The number of nitrogens with one attached hydrogen (secondary N) is 1. The largest absolute Gasteiger partial charge is 0.310 e. The van der Waals surface area contributed by atoms with Crippen LogP contribution in [-0.4, -0.2) is 15.7 Å². The number of anilines is 1. The number of aromatic nitrogens is 2. The van der Waals surface area contributed by atoms with Gasteiger partial charge in [-0.3, -0.25) is 9.48 Å². The molecule has 0 bridgehead atoms. The van der Waals surface area contributed by atoms with Crippen LogP contribution in [0.3, 0.4) is 0 Å². The molecule has 0 aliphatic carbocycles. The van der Waals surface area contributed by atoms with E-state index in [4.69, 9.17) is 0 Å². The van der Waals surface area contributed by atoms with E-state index < -0.39 is 0 Å². The highest BCUT2D eigenvalue weighted by molar-refractivity contribution is 7.37. The van der Waals surface area contributed by atoms with Crippen molar-refractivity contribution < 1.29 is 4.79 Å². The van der Waals surface area contributed by atoms with Crippen LogP contribution in [0.4, 0.5) is 5.82 Å². The fraction of sp³-hybridized carbons (Fsp3) is 0.286. The molecule has 3 rings (SSSR count). The van der Waals surface area contributed by atoms with E-state index >= 15 is 0 Å². The number of nitrogens with zero attached hydrogens (tertiary/aromatic N) is 2. The lowest BCUT2D eigenvalue weighted by Gasteiger charge is -2.06. The maximum atomic E-state index is 12.2. The Balaban J connectivity index is 1.79. The van der Waals surface area contributed by atoms with Gasteiger partial charge in [0.05, 0.1) is 16.6 Å². The molecule has 3 aromatic heterocycles. The van der Waals surface area contributed by atoms with Gasteiger partial charge in [-0.2, -0.15) is 5.10 Å². The number of aryl methyl sites for hydroxylation is 3. The average Bonchev–Trinajstić information content (AvgIpc) is 3.01. The zero-order valence-corrected chi connectivity index (χ0v) is 13.2. The Morgan fingerprint density at radius 1 is 1.45 bits per heavy atom. The van der Waals surface area contributed by atoms with Crippen molar-refractivity contribution in [3.05, 3.63) is 33.6 Å². The van der Waals surface area contributed by atoms with Crippen molar-refractivity contribution in [2.45, 2.75) is 20.3 Å². The van der Waals surface area contributed by atoms with Gasteiger partial charge in [-0.25, -0.2) is 0 Å². The van der Waals surface area contributed by atoms with E-state index in [2.05, 4.69) is 28.8 Å². The maximum Gasteiger partial charge on any atom is 0.230 e. The summed E-state index contributed by atoms with van der Waals surface area (Å²) in [5, 5.41) is 10.4. The number of carbonyl (C=O) groups excluding carboxylic acids is 1. The van der Waals surface area contributed by atoms with Crippen LogP contribution in [0.2, 0.25) is 0 Å². The van der Waals surface area contributed by atoms with Gasteiger partial charge < -0.3 is 5.32 Å². The number of hydrogen-bond acceptors (Lipinski definition) is 4. The molecular weight excluding hydrogens is 290 g/mol. The lowest BCUT2D eigenvalue weighted by molar-refractivity contribution is -0.115. The zero-order valence-electron chi connectivity index (χ0n) is 11.6. The quantitative estimate of drug-likeness (QED) is 0.805. The van der Waals surface area contributed by atoms with Crippen LogP contribution in [0, 0.1) is 13.8 Å². The summed E-state index contributed by atoms with van der Waals surface area (Å²) < 4.78 is 2.98. The van der Waals surface area contributed by atoms with Gasteiger partial charge in [-0.15, -0.1) is 22.7 Å². The van der Waals surface area contributed by atoms with Gasteiger partial charge in [0.2, 0.25) is 5.91 Å². The molecule has 0 unspecified atom stereocenters. The van der Waals surface area contributed by atoms with Crippen molar-refractivity contribution in [2.24, 2.45) is 7.05 Å². The summed E-state index contributed by atoms with van der Waals surface area (Å²) in [5.74, 6) is 0.767. The third kappa shape index (κ3) is 2.36. The molecule has 0 radical (unpaired) electrons. The summed E-state index contributed by atoms with van der Waals surface area (Å²) in [6, 6.07) is 2.16. The number of hydrogen-bond donors (Lipinski definition) is 1. The smallest absolute Gasteiger partial charge is 0.230 e. The number of amides is 1. The van der Waals surface area contributed by atoms with E-state index in [1.165, 1.54) is 14.3 Å². The molecule has 0 saturated carbocycles. The number of rotatable bonds is 3. The van der Waals surface area contributed by atoms with Crippen LogP contribution in [0.1, 0.15) is 16.0 Å². The summed E-state index contributed by atoms with van der Waals surface area (Å²) in [6.07, 6.45) is 2.15. The molecule has 0 aliphatic heterocycles. The van der Waals surface area contributed by atoms with Gasteiger partial charge >= 0.3 is 0 Å². The molecule has 1 N–H and O–H groups in total. The lowest BCUT2D eigenvalue weighted by atomic mass is 10.1. The van der Waals surface area contributed by atoms with E-state index in [9.17, 15) is 4.79 Å². The highest BCUT2D eigenvalue weighted by Crippen LogP contribution is 2.33. The molecule has 104 valence electrons. The predicted molar refractivity (Wildman–Crippen MR) is 84.7 cm³/mol. The molecule has 20 heavy (non-hydrogen) atoms. The fourth-order valence-electron chi connectivity index (χ4n) is 2.21. The molecule has 3 heterocycles. The molecule has 4 nitrogen and oxygen atoms in total. The summed E-state index contributed by atoms with van der Waals surface area (Å²) >= 11 is 3.49. The highest BCUT2D eigenvalue weighted by atomic mass is 32.2. The van der Waals surface area contributed by atoms with Crippen molar-refractivity contribution in [1.29, 1.82) is 0 Å². The van der Waals surface area contributed by atoms with E-state index in [0.717, 1.165) is 16.9 Å². The maximum absolute atomic E-state index is 12.2. The second-order valence-corrected chi connectivity index (χ2v) is 7.24. The normalized spacial score (nSPS) is 11.2. The van der Waals surface area contributed by atoms with Crippen molar-refractivity contribution in [3.8, 4) is 0 Å². The monoisotopic (exact) mass is 305 g/mol. The lowest BCUT2D eigenvalue weighted by Crippen LogP contribution is -2.17. The van der Waals surface area contributed by atoms with E-state index in [-0.39, 0.29) is 5.91 Å². The van der Waals surface area contributed by atoms with Crippen molar-refractivity contribution in [2.75, 3.05) is 5.32 Å². The number of fused-ring (bicyclic) bond motifs is 1. The summed E-state index contributed by atoms with van der Waals surface area (Å²) in [5.41, 5.74) is 2.08. The Hall–Kier alpha value is -1.66. The van der Waals surface area contributed by atoms with Crippen molar-refractivity contribution >= 4 is 43.8 Å². The number of thiophene rings is 2. The van der Waals surface area contributed by atoms with Crippen LogP contribution in [0.5, 0.6) is 0 Å². The zero-order chi connectivity index (χ0) is 14.3. The van der Waals surface area contributed by atoms with E-state index in [0.29, 0.717) is 6.42 Å². The molecule has 6 heteroatoms. The minimum absolute atomic E-state index is 0.000234. The first-order valence-electron chi connectivity index (χ1n) is 6.29. The van der Waals surface area contributed by atoms with Gasteiger partial charge in [0.15, 0.2) is 0 Å². The molecule has 0 spiro atoms. The Bertz CT molecular complexity index is 762. The van der Waals surface area contributed by atoms with Crippen LogP contribution in [0.15, 0.2) is 17.6 Å². The predicted octanol–water partition coefficient (Wildman–Crippen LogP) is 3.49. The third-order valence-corrected chi connectivity index (χ3v) is 5.43. The van der Waals surface area contributed by atoms with Crippen molar-refractivity contribution in [1.82, 2.24) is 9.78 Å². The molecule has 0 fully saturated rings. The van der Waals surface area contributed by atoms with Gasteiger partial charge in [-0.05, 0) is 30.9 Å². The summed E-state index contributed by atoms with van der Waals surface area (Å²) in [6.45, 7) is 4.04. The topological polar surface area (TPSA) is 46.9 Å². The second kappa shape index (κ2) is 5.03. The standard InChI is InChI=1S/C14H15N3OS2/c1-8-6-15-17(3)13(8)16-12(18)5-10-7-19-14-11(10)4-9(2)20-14/h4,6-7H,5H2,1-3H3,(H,16,18). The minimum atomic E-state index is 0.000234. The summed E-state index contributed by atoms with van der Waals surface area (Å²) in [4.78, 5) is 13.5. The first-order valence-corrected chi connectivity index (χ1v) is 7.99. The molecule has 1 amide bonds. The summed E-state index contributed by atoms with van der Waals surface area (Å²) in [7, 11) is 1.83. The third-order valence-electron chi connectivity index (χ3n) is 3.21. The first-order chi connectivity index (χ1) is 9.54. The van der Waals surface area contributed by atoms with Crippen molar-refractivity contribution in [3.63, 3.8) is 0 Å². The molecular formula is C14H15N3OS2. The van der Waals surface area contributed by atoms with E-state index in [1.807, 2.05) is 14.0 Å². The molecule has 3 aromatic rings. The van der Waals surface area contributed by atoms with Crippen LogP contribution >= 0.6 is 22.7 Å². The molecule has 0 saturated heterocycles. The fourth-order valence-corrected chi connectivity index (χ4v) is 4.48. The van der Waals surface area contributed by atoms with Crippen LogP contribution in [0.25, 0.3) is 9.40 Å². The average molecular weight is 305 g/mol. The molecule has 0 aromatic carbocycles. The van der Waals surface area contributed by atoms with Gasteiger partial charge in [-0.1, -0.05) is 0 Å². The van der Waals surface area contributed by atoms with Gasteiger partial charge in [0, 0.05) is 22.9 Å². The Morgan fingerprint density at radius 2 is 2.25 bits per heavy atom. The van der Waals surface area contributed by atoms with E-state index in [1.54, 1.807) is 33.6 Å². The Morgan fingerprint density at radius 3 is 2.95 bits per heavy atom. The van der Waals surface area contributed by atoms with Crippen LogP contribution in [-0.2, 0) is 18.3 Å². The van der Waals surface area contributed by atoms with Gasteiger partial charge in [0.1, 0.15) is 5.82 Å². The Kier molecular flexibility index (Phi) is 3.35. The Labute approximate surface area is 125 Å². The molecule has 0 atom stereocenters. The first kappa shape index (κ1) is 13.3. The second-order valence-electron chi connectivity index (χ2n) is 4.84. The minimum Gasteiger partial charge on any atom is -0.310 e. The van der Waals surface area contributed by atoms with Crippen LogP contribution < -0.4 is 5.32 Å². The number of carbonyl (C=O) groups is 1.